The van der Waals surface area contributed by atoms with Gasteiger partial charge < -0.3 is 9.47 Å². The van der Waals surface area contributed by atoms with Gasteiger partial charge in [0, 0.05) is 11.1 Å². The second-order valence-corrected chi connectivity index (χ2v) is 9.80. The lowest BCUT2D eigenvalue weighted by Crippen LogP contribution is -2.20. The molecule has 232 valence electrons. The zero-order chi connectivity index (χ0) is 32.0. The molecule has 0 heterocycles. The highest BCUT2D eigenvalue weighted by atomic mass is 19.3. The van der Waals surface area contributed by atoms with Crippen LogP contribution in [0.15, 0.2) is 72.8 Å². The molecule has 0 atom stereocenters. The molecule has 0 spiro atoms. The van der Waals surface area contributed by atoms with Gasteiger partial charge in [-0.05, 0) is 67.6 Å². The summed E-state index contributed by atoms with van der Waals surface area (Å²) in [6.45, 7) is 2.50. The van der Waals surface area contributed by atoms with Crippen LogP contribution in [0.3, 0.4) is 0 Å². The largest absolute Gasteiger partial charge is 0.491 e. The van der Waals surface area contributed by atoms with Crippen molar-refractivity contribution < 1.29 is 44.6 Å². The Morgan fingerprint density at radius 2 is 1.18 bits per heavy atom. The van der Waals surface area contributed by atoms with Crippen molar-refractivity contribution in [1.82, 2.24) is 0 Å². The first-order chi connectivity index (χ1) is 21.0. The molecule has 0 unspecified atom stereocenters. The summed E-state index contributed by atoms with van der Waals surface area (Å²) in [7, 11) is 0. The van der Waals surface area contributed by atoms with Crippen molar-refractivity contribution in [3.8, 4) is 33.8 Å². The molecule has 4 aromatic rings. The van der Waals surface area contributed by atoms with Crippen molar-refractivity contribution in [2.24, 2.45) is 0 Å². The quantitative estimate of drug-likeness (QED) is 0.116. The fourth-order valence-corrected chi connectivity index (χ4v) is 4.61. The molecule has 0 amide bonds. The van der Waals surface area contributed by atoms with Crippen molar-refractivity contribution in [3.05, 3.63) is 119 Å². The lowest BCUT2D eigenvalue weighted by molar-refractivity contribution is -0.0283. The highest BCUT2D eigenvalue weighted by molar-refractivity contribution is 5.71. The standard InChI is InChI=1S/C34H28F8O2/c1-3-5-6-7-22-12-13-23(29(36)28(22)35)20-8-10-21(11-9-20)24-14-16-27(32(39)30(24)37)44-19-18-34(41,42)25-15-17-26(43-4-2)33(40)31(25)38/h3,5,8-17H,4,6-7,18-19H2,1-2H3. The fourth-order valence-electron chi connectivity index (χ4n) is 4.61. The van der Waals surface area contributed by atoms with Gasteiger partial charge in [-0.1, -0.05) is 48.6 Å². The van der Waals surface area contributed by atoms with Crippen LogP contribution in [0.25, 0.3) is 22.3 Å². The van der Waals surface area contributed by atoms with Crippen LogP contribution >= 0.6 is 0 Å². The molecule has 4 aromatic carbocycles. The average molecular weight is 621 g/mol. The molecule has 2 nitrogen and oxygen atoms in total. The van der Waals surface area contributed by atoms with E-state index < -0.39 is 70.9 Å². The average Bonchev–Trinajstić information content (AvgIpc) is 3.00. The molecule has 0 aromatic heterocycles. The third-order valence-electron chi connectivity index (χ3n) is 6.95. The van der Waals surface area contributed by atoms with E-state index >= 15 is 0 Å². The van der Waals surface area contributed by atoms with E-state index in [4.69, 9.17) is 9.47 Å². The molecule has 10 heteroatoms. The summed E-state index contributed by atoms with van der Waals surface area (Å²) < 4.78 is 127. The zero-order valence-corrected chi connectivity index (χ0v) is 23.8. The lowest BCUT2D eigenvalue weighted by atomic mass is 9.97. The van der Waals surface area contributed by atoms with Crippen molar-refractivity contribution in [3.63, 3.8) is 0 Å². The molecule has 0 aliphatic heterocycles. The Hall–Kier alpha value is -4.34. The maximum Gasteiger partial charge on any atom is 0.279 e. The maximum absolute atomic E-state index is 15.0. The van der Waals surface area contributed by atoms with E-state index in [0.717, 1.165) is 12.1 Å². The van der Waals surface area contributed by atoms with Crippen LogP contribution in [-0.2, 0) is 12.3 Å². The van der Waals surface area contributed by atoms with Gasteiger partial charge in [-0.15, -0.1) is 0 Å². The summed E-state index contributed by atoms with van der Waals surface area (Å²) >= 11 is 0. The van der Waals surface area contributed by atoms with E-state index in [9.17, 15) is 35.1 Å². The Bertz CT molecular complexity index is 1650. The Morgan fingerprint density at radius 3 is 1.80 bits per heavy atom. The molecule has 44 heavy (non-hydrogen) atoms. The number of ether oxygens (including phenoxy) is 2. The molecule has 0 fully saturated rings. The molecule has 0 saturated heterocycles. The van der Waals surface area contributed by atoms with Gasteiger partial charge in [0.15, 0.2) is 34.8 Å². The van der Waals surface area contributed by atoms with Crippen LogP contribution in [0, 0.1) is 34.9 Å². The highest BCUT2D eigenvalue weighted by Gasteiger charge is 2.36. The number of hydrogen-bond acceptors (Lipinski definition) is 2. The van der Waals surface area contributed by atoms with E-state index in [-0.39, 0.29) is 28.9 Å². The van der Waals surface area contributed by atoms with E-state index in [1.165, 1.54) is 49.4 Å². The molecular weight excluding hydrogens is 592 g/mol. The van der Waals surface area contributed by atoms with Crippen molar-refractivity contribution >= 4 is 0 Å². The predicted octanol–water partition coefficient (Wildman–Crippen LogP) is 10.3. The Kier molecular flexibility index (Phi) is 10.3. The number of halogens is 8. The second-order valence-electron chi connectivity index (χ2n) is 9.80. The first kappa shape index (κ1) is 32.6. The number of rotatable bonds is 12. The van der Waals surface area contributed by atoms with E-state index in [1.54, 1.807) is 0 Å². The SMILES string of the molecule is CC=CCCc1ccc(-c2ccc(-c3ccc(OCCC(F)(F)c4ccc(OCC)c(F)c4F)c(F)c3F)cc2)c(F)c1F. The minimum atomic E-state index is -3.89. The number of aryl methyl sites for hydroxylation is 1. The molecule has 0 aliphatic carbocycles. The number of benzene rings is 4. The molecule has 0 N–H and O–H groups in total. The Balaban J connectivity index is 1.46. The van der Waals surface area contributed by atoms with Crippen molar-refractivity contribution in [2.45, 2.75) is 39.0 Å². The fraction of sp³-hybridized carbons (Fsp3) is 0.235. The summed E-state index contributed by atoms with van der Waals surface area (Å²) in [6, 6.07) is 12.4. The third kappa shape index (κ3) is 6.90. The van der Waals surface area contributed by atoms with Crippen LogP contribution < -0.4 is 9.47 Å². The summed E-state index contributed by atoms with van der Waals surface area (Å²) in [5, 5.41) is 0. The van der Waals surface area contributed by atoms with Crippen LogP contribution in [0.4, 0.5) is 35.1 Å². The summed E-state index contributed by atoms with van der Waals surface area (Å²) in [4.78, 5) is 0. The van der Waals surface area contributed by atoms with Gasteiger partial charge in [0.05, 0.1) is 25.2 Å². The van der Waals surface area contributed by atoms with Gasteiger partial charge in [-0.25, -0.2) is 26.3 Å². The van der Waals surface area contributed by atoms with Crippen LogP contribution in [-0.4, -0.2) is 13.2 Å². The Morgan fingerprint density at radius 1 is 0.636 bits per heavy atom. The van der Waals surface area contributed by atoms with Gasteiger partial charge in [0.25, 0.3) is 5.92 Å². The van der Waals surface area contributed by atoms with Gasteiger partial charge in [-0.2, -0.15) is 8.78 Å². The summed E-state index contributed by atoms with van der Waals surface area (Å²) in [5.41, 5.74) is -0.651. The predicted molar refractivity (Wildman–Crippen MR) is 152 cm³/mol. The van der Waals surface area contributed by atoms with Gasteiger partial charge >= 0.3 is 0 Å². The van der Waals surface area contributed by atoms with Gasteiger partial charge in [0.1, 0.15) is 0 Å². The van der Waals surface area contributed by atoms with Crippen LogP contribution in [0.5, 0.6) is 11.5 Å². The van der Waals surface area contributed by atoms with Crippen LogP contribution in [0.2, 0.25) is 0 Å². The van der Waals surface area contributed by atoms with E-state index in [1.807, 2.05) is 19.1 Å². The first-order valence-corrected chi connectivity index (χ1v) is 13.8. The minimum absolute atomic E-state index is 0.000487. The second kappa shape index (κ2) is 14.0. The zero-order valence-electron chi connectivity index (χ0n) is 23.8. The summed E-state index contributed by atoms with van der Waals surface area (Å²) in [5.74, 6) is -13.2. The van der Waals surface area contributed by atoms with E-state index in [2.05, 4.69) is 0 Å². The molecule has 0 bridgehead atoms. The molecule has 0 aliphatic rings. The lowest BCUT2D eigenvalue weighted by Gasteiger charge is -2.19. The van der Waals surface area contributed by atoms with Crippen molar-refractivity contribution in [1.29, 1.82) is 0 Å². The first-order valence-electron chi connectivity index (χ1n) is 13.8. The van der Waals surface area contributed by atoms with Gasteiger partial charge in [0.2, 0.25) is 11.6 Å². The third-order valence-corrected chi connectivity index (χ3v) is 6.95. The van der Waals surface area contributed by atoms with Crippen LogP contribution in [0.1, 0.15) is 37.8 Å². The minimum Gasteiger partial charge on any atom is -0.491 e. The smallest absolute Gasteiger partial charge is 0.279 e. The normalized spacial score (nSPS) is 11.8. The van der Waals surface area contributed by atoms with Crippen molar-refractivity contribution in [2.75, 3.05) is 13.2 Å². The monoisotopic (exact) mass is 620 g/mol. The highest BCUT2D eigenvalue weighted by Crippen LogP contribution is 2.38. The molecule has 4 rings (SSSR count). The molecular formula is C34H28F8O2. The van der Waals surface area contributed by atoms with E-state index in [0.29, 0.717) is 24.5 Å². The number of alkyl halides is 2. The van der Waals surface area contributed by atoms with Gasteiger partial charge in [-0.3, -0.25) is 0 Å². The summed E-state index contributed by atoms with van der Waals surface area (Å²) in [6.07, 6.45) is 3.40. The number of hydrogen-bond donors (Lipinski definition) is 0. The molecule has 0 radical (unpaired) electrons. The molecule has 0 saturated carbocycles. The Labute approximate surface area is 249 Å². The topological polar surface area (TPSA) is 18.5 Å². The maximum atomic E-state index is 15.0. The number of allylic oxidation sites excluding steroid dienone is 2.